The number of fused-ring (bicyclic) bond motifs is 2. The van der Waals surface area contributed by atoms with E-state index in [-0.39, 0.29) is 17.5 Å². The van der Waals surface area contributed by atoms with Crippen LogP contribution in [0.15, 0.2) is 24.4 Å². The van der Waals surface area contributed by atoms with Gasteiger partial charge in [-0.2, -0.15) is 5.10 Å². The van der Waals surface area contributed by atoms with Crippen molar-refractivity contribution in [3.63, 3.8) is 0 Å². The van der Waals surface area contributed by atoms with E-state index < -0.39 is 12.1 Å². The van der Waals surface area contributed by atoms with Crippen molar-refractivity contribution in [3.05, 3.63) is 40.8 Å². The number of carbonyl (C=O) groups excluding carboxylic acids is 1. The lowest BCUT2D eigenvalue weighted by atomic mass is 10.2. The Labute approximate surface area is 182 Å². The zero-order valence-corrected chi connectivity index (χ0v) is 17.9. The minimum absolute atomic E-state index is 0.169. The third kappa shape index (κ3) is 4.09. The van der Waals surface area contributed by atoms with E-state index in [1.807, 2.05) is 6.07 Å². The van der Waals surface area contributed by atoms with Gasteiger partial charge in [0, 0.05) is 20.2 Å². The Morgan fingerprint density at radius 2 is 2.16 bits per heavy atom. The van der Waals surface area contributed by atoms with Crippen molar-refractivity contribution >= 4 is 45.6 Å². The molecule has 1 atom stereocenters. The molecule has 11 nitrogen and oxygen atoms in total. The van der Waals surface area contributed by atoms with Crippen molar-refractivity contribution in [3.8, 4) is 0 Å². The van der Waals surface area contributed by atoms with E-state index in [9.17, 15) is 4.79 Å². The van der Waals surface area contributed by atoms with Crippen molar-refractivity contribution in [1.29, 1.82) is 0 Å². The average molecular weight is 445 g/mol. The highest BCUT2D eigenvalue weighted by Crippen LogP contribution is 2.22. The lowest BCUT2D eigenvalue weighted by molar-refractivity contribution is -0.00229. The van der Waals surface area contributed by atoms with Gasteiger partial charge in [-0.25, -0.2) is 19.0 Å². The number of nitrogens with two attached hydrogens (primary N) is 1. The number of anilines is 2. The molecule has 162 valence electrons. The highest BCUT2D eigenvalue weighted by atomic mass is 35.5. The summed E-state index contributed by atoms with van der Waals surface area (Å²) < 4.78 is 14.2. The number of ether oxygens (including phenoxy) is 2. The first-order valence-corrected chi connectivity index (χ1v) is 9.83. The normalized spacial score (nSPS) is 12.4. The maximum absolute atomic E-state index is 12.6. The third-order valence-corrected chi connectivity index (χ3v) is 4.84. The molecule has 3 aromatic heterocycles. The van der Waals surface area contributed by atoms with Gasteiger partial charge in [-0.05, 0) is 24.6 Å². The van der Waals surface area contributed by atoms with Crippen LogP contribution in [0.5, 0.6) is 0 Å². The minimum atomic E-state index is -0.577. The Balaban J connectivity index is 1.39. The summed E-state index contributed by atoms with van der Waals surface area (Å²) in [5.74, 6) is -0.577. The van der Waals surface area contributed by atoms with Crippen LogP contribution in [-0.2, 0) is 23.1 Å². The summed E-state index contributed by atoms with van der Waals surface area (Å²) in [6.07, 6.45) is 0.899. The highest BCUT2D eigenvalue weighted by Gasteiger charge is 2.20. The number of hydrogen-bond acceptors (Lipinski definition) is 9. The highest BCUT2D eigenvalue weighted by molar-refractivity contribution is 6.29. The van der Waals surface area contributed by atoms with E-state index in [1.54, 1.807) is 37.8 Å². The second-order valence-corrected chi connectivity index (χ2v) is 7.39. The molecule has 4 aromatic rings. The number of aromatic nitrogens is 6. The van der Waals surface area contributed by atoms with Crippen LogP contribution in [0.3, 0.4) is 0 Å². The number of esters is 1. The third-order valence-electron chi connectivity index (χ3n) is 4.65. The second kappa shape index (κ2) is 8.36. The van der Waals surface area contributed by atoms with E-state index in [4.69, 9.17) is 26.8 Å². The number of hydrogen-bond donors (Lipinski definition) is 2. The largest absolute Gasteiger partial charge is 0.455 e. The molecule has 1 aromatic carbocycles. The number of aryl methyl sites for hydroxylation is 1. The zero-order valence-electron chi connectivity index (χ0n) is 17.2. The Kier molecular flexibility index (Phi) is 5.61. The molecular formula is C19H21ClN8O3. The van der Waals surface area contributed by atoms with Crippen molar-refractivity contribution in [2.45, 2.75) is 19.6 Å². The van der Waals surface area contributed by atoms with Crippen LogP contribution < -0.4 is 11.1 Å². The van der Waals surface area contributed by atoms with Gasteiger partial charge < -0.3 is 20.5 Å². The standard InChI is InChI=1S/C19H21ClN8O3/c1-10(8-30-9-11-4-12(21)17-14(5-11)27(3)26-24-17)31-19(29)15-7-23-18-13(22-2)6-16(20)25-28(15)18/h4-7,10,22H,8-9,21H2,1-3H3/t10-/m1/s1. The lowest BCUT2D eigenvalue weighted by Gasteiger charge is -2.14. The Hall–Kier alpha value is -3.44. The van der Waals surface area contributed by atoms with E-state index >= 15 is 0 Å². The van der Waals surface area contributed by atoms with Gasteiger partial charge in [0.05, 0.1) is 36.3 Å². The fourth-order valence-electron chi connectivity index (χ4n) is 3.18. The predicted octanol–water partition coefficient (Wildman–Crippen LogP) is 2.05. The smallest absolute Gasteiger partial charge is 0.359 e. The van der Waals surface area contributed by atoms with Gasteiger partial charge in [0.15, 0.2) is 16.5 Å². The molecule has 0 radical (unpaired) electrons. The number of nitrogen functional groups attached to an aromatic ring is 1. The number of benzene rings is 1. The number of nitrogens with zero attached hydrogens (tertiary/aromatic N) is 6. The van der Waals surface area contributed by atoms with Crippen molar-refractivity contribution in [2.75, 3.05) is 24.7 Å². The van der Waals surface area contributed by atoms with E-state index in [0.717, 1.165) is 11.1 Å². The molecule has 3 N–H and O–H groups in total. The molecular weight excluding hydrogens is 424 g/mol. The van der Waals surface area contributed by atoms with Gasteiger partial charge in [0.2, 0.25) is 0 Å². The molecule has 0 spiro atoms. The maximum Gasteiger partial charge on any atom is 0.359 e. The molecule has 0 aliphatic heterocycles. The molecule has 0 saturated heterocycles. The molecule has 4 rings (SSSR count). The van der Waals surface area contributed by atoms with Gasteiger partial charge in [-0.1, -0.05) is 16.8 Å². The quantitative estimate of drug-likeness (QED) is 0.324. The zero-order chi connectivity index (χ0) is 22.1. The monoisotopic (exact) mass is 444 g/mol. The summed E-state index contributed by atoms with van der Waals surface area (Å²) in [5.41, 5.74) is 10.2. The lowest BCUT2D eigenvalue weighted by Crippen LogP contribution is -2.21. The SMILES string of the molecule is CNc1cc(Cl)nn2c(C(=O)O[C@H](C)COCc3cc(N)c4nnn(C)c4c3)cnc12. The summed E-state index contributed by atoms with van der Waals surface area (Å²) in [4.78, 5) is 16.8. The molecule has 3 heterocycles. The molecule has 0 amide bonds. The molecule has 0 fully saturated rings. The Morgan fingerprint density at radius 1 is 1.35 bits per heavy atom. The van der Waals surface area contributed by atoms with Crippen LogP contribution >= 0.6 is 11.6 Å². The van der Waals surface area contributed by atoms with Gasteiger partial charge >= 0.3 is 5.97 Å². The molecule has 0 unspecified atom stereocenters. The Morgan fingerprint density at radius 3 is 2.94 bits per heavy atom. The molecule has 0 saturated carbocycles. The van der Waals surface area contributed by atoms with Crippen molar-refractivity contribution in [2.24, 2.45) is 7.05 Å². The topological polar surface area (TPSA) is 134 Å². The molecule has 31 heavy (non-hydrogen) atoms. The van der Waals surface area contributed by atoms with Crippen molar-refractivity contribution < 1.29 is 14.3 Å². The van der Waals surface area contributed by atoms with Gasteiger partial charge in [-0.3, -0.25) is 0 Å². The minimum Gasteiger partial charge on any atom is -0.455 e. The van der Waals surface area contributed by atoms with Crippen LogP contribution in [-0.4, -0.2) is 55.3 Å². The van der Waals surface area contributed by atoms with Gasteiger partial charge in [-0.15, -0.1) is 5.10 Å². The fraction of sp³-hybridized carbons (Fsp3) is 0.316. The molecule has 0 aliphatic carbocycles. The van der Waals surface area contributed by atoms with Crippen LogP contribution in [0.4, 0.5) is 11.4 Å². The summed E-state index contributed by atoms with van der Waals surface area (Å²) in [6, 6.07) is 5.33. The summed E-state index contributed by atoms with van der Waals surface area (Å²) >= 11 is 6.03. The number of carbonyl (C=O) groups is 1. The summed E-state index contributed by atoms with van der Waals surface area (Å²) in [5, 5.41) is 15.3. The number of rotatable bonds is 7. The first-order chi connectivity index (χ1) is 14.9. The predicted molar refractivity (Wildman–Crippen MR) is 115 cm³/mol. The summed E-state index contributed by atoms with van der Waals surface area (Å²) in [6.45, 7) is 2.23. The maximum atomic E-state index is 12.6. The van der Waals surface area contributed by atoms with Gasteiger partial charge in [0.25, 0.3) is 0 Å². The summed E-state index contributed by atoms with van der Waals surface area (Å²) in [7, 11) is 3.52. The van der Waals surface area contributed by atoms with Gasteiger partial charge in [0.1, 0.15) is 11.6 Å². The first-order valence-electron chi connectivity index (χ1n) is 9.46. The Bertz CT molecular complexity index is 1270. The van der Waals surface area contributed by atoms with E-state index in [1.165, 1.54) is 10.7 Å². The van der Waals surface area contributed by atoms with Crippen LogP contribution in [0.1, 0.15) is 23.0 Å². The van der Waals surface area contributed by atoms with Crippen LogP contribution in [0.2, 0.25) is 5.15 Å². The number of nitrogens with one attached hydrogen (secondary N) is 1. The molecule has 0 aliphatic rings. The van der Waals surface area contributed by atoms with Crippen LogP contribution in [0, 0.1) is 0 Å². The molecule has 0 bridgehead atoms. The molecule has 12 heteroatoms. The van der Waals surface area contributed by atoms with E-state index in [0.29, 0.717) is 29.1 Å². The fourth-order valence-corrected chi connectivity index (χ4v) is 3.37. The first kappa shape index (κ1) is 20.8. The van der Waals surface area contributed by atoms with Crippen LogP contribution in [0.25, 0.3) is 16.7 Å². The average Bonchev–Trinajstić information content (AvgIpc) is 3.31. The van der Waals surface area contributed by atoms with E-state index in [2.05, 4.69) is 25.7 Å². The number of halogens is 1. The number of imidazole rings is 1. The van der Waals surface area contributed by atoms with Crippen molar-refractivity contribution in [1.82, 2.24) is 29.6 Å². The second-order valence-electron chi connectivity index (χ2n) is 7.01.